The molecule has 4 N–H and O–H groups in total. The summed E-state index contributed by atoms with van der Waals surface area (Å²) in [5, 5.41) is 17.4. The van der Waals surface area contributed by atoms with Crippen LogP contribution in [0.25, 0.3) is 5.65 Å². The number of nitrogens with two attached hydrogens (primary N) is 1. The summed E-state index contributed by atoms with van der Waals surface area (Å²) in [6.45, 7) is 3.92. The fourth-order valence-corrected chi connectivity index (χ4v) is 5.13. The molecule has 5 atom stereocenters. The Morgan fingerprint density at radius 3 is 2.79 bits per heavy atom. The van der Waals surface area contributed by atoms with Gasteiger partial charge in [-0.3, -0.25) is 9.32 Å². The van der Waals surface area contributed by atoms with E-state index in [0.717, 1.165) is 0 Å². The maximum Gasteiger partial charge on any atom is 0.458 e. The zero-order valence-electron chi connectivity index (χ0n) is 21.1. The number of halogens is 1. The summed E-state index contributed by atoms with van der Waals surface area (Å²) in [4.78, 5) is 19.7. The average molecular weight is 553 g/mol. The van der Waals surface area contributed by atoms with Crippen molar-refractivity contribution in [1.82, 2.24) is 24.7 Å². The van der Waals surface area contributed by atoms with Crippen molar-refractivity contribution in [2.75, 3.05) is 25.5 Å². The summed E-state index contributed by atoms with van der Waals surface area (Å²) >= 11 is 0. The Labute approximate surface area is 218 Å². The molecule has 1 unspecified atom stereocenters. The van der Waals surface area contributed by atoms with Gasteiger partial charge in [0.2, 0.25) is 0 Å². The third-order valence-electron chi connectivity index (χ3n) is 5.88. The molecule has 0 amide bonds. The number of nitrogens with zero attached hydrogens (tertiary/aromatic N) is 4. The summed E-state index contributed by atoms with van der Waals surface area (Å²) in [7, 11) is -4.08. The topological polar surface area (TPSA) is 172 Å². The van der Waals surface area contributed by atoms with Gasteiger partial charge in [0, 0.05) is 6.54 Å². The molecule has 0 radical (unpaired) electrons. The van der Waals surface area contributed by atoms with Crippen LogP contribution in [-0.4, -0.2) is 68.3 Å². The van der Waals surface area contributed by atoms with E-state index in [9.17, 15) is 14.5 Å². The van der Waals surface area contributed by atoms with Gasteiger partial charge in [-0.05, 0) is 19.1 Å². The molecule has 0 saturated carbocycles. The first kappa shape index (κ1) is 27.9. The molecule has 15 heteroatoms. The highest BCUT2D eigenvalue weighted by Gasteiger charge is 2.56. The molecule has 1 saturated heterocycles. The highest BCUT2D eigenvalue weighted by atomic mass is 31.2. The molecular weight excluding hydrogens is 522 g/mol. The lowest BCUT2D eigenvalue weighted by Crippen LogP contribution is -2.40. The number of rotatable bonds is 11. The van der Waals surface area contributed by atoms with Crippen molar-refractivity contribution in [3.63, 3.8) is 0 Å². The van der Waals surface area contributed by atoms with E-state index < -0.39 is 44.3 Å². The quantitative estimate of drug-likeness (QED) is 0.180. The van der Waals surface area contributed by atoms with Crippen molar-refractivity contribution in [3.05, 3.63) is 48.5 Å². The minimum absolute atomic E-state index is 0.0525. The molecule has 13 nitrogen and oxygen atoms in total. The van der Waals surface area contributed by atoms with Crippen molar-refractivity contribution in [2.24, 2.45) is 5.92 Å². The predicted molar refractivity (Wildman–Crippen MR) is 133 cm³/mol. The fourth-order valence-electron chi connectivity index (χ4n) is 3.82. The van der Waals surface area contributed by atoms with Crippen LogP contribution < -0.4 is 15.3 Å². The van der Waals surface area contributed by atoms with Gasteiger partial charge >= 0.3 is 13.7 Å². The first-order valence-corrected chi connectivity index (χ1v) is 13.4. The van der Waals surface area contributed by atoms with E-state index in [1.165, 1.54) is 24.0 Å². The Kier molecular flexibility index (Phi) is 8.28. The normalized spacial score (nSPS) is 24.9. The number of nitrogen functional groups attached to an aromatic ring is 1. The van der Waals surface area contributed by atoms with Crippen LogP contribution in [0.5, 0.6) is 5.75 Å². The number of carbonyl (C=O) groups excluding carboxylic acids is 1. The summed E-state index contributed by atoms with van der Waals surface area (Å²) in [5.41, 5.74) is 3.94. The minimum Gasteiger partial charge on any atom is -0.464 e. The molecular formula is C23H30FN6O7P. The zero-order chi connectivity index (χ0) is 27.5. The molecule has 1 aromatic carbocycles. The van der Waals surface area contributed by atoms with Crippen LogP contribution >= 0.6 is 7.75 Å². The number of hydrogen-bond donors (Lipinski definition) is 3. The van der Waals surface area contributed by atoms with E-state index in [1.54, 1.807) is 44.2 Å². The first-order valence-electron chi connectivity index (χ1n) is 11.9. The predicted octanol–water partition coefficient (Wildman–Crippen LogP) is 2.23. The van der Waals surface area contributed by atoms with Gasteiger partial charge in [0.15, 0.2) is 17.1 Å². The van der Waals surface area contributed by atoms with Crippen LogP contribution in [0, 0.1) is 5.92 Å². The molecule has 1 fully saturated rings. The van der Waals surface area contributed by atoms with Crippen molar-refractivity contribution in [3.8, 4) is 5.75 Å². The second kappa shape index (κ2) is 11.3. The van der Waals surface area contributed by atoms with Crippen LogP contribution in [0.15, 0.2) is 42.9 Å². The molecule has 0 bridgehead atoms. The van der Waals surface area contributed by atoms with Crippen molar-refractivity contribution in [1.29, 1.82) is 0 Å². The van der Waals surface area contributed by atoms with Crippen LogP contribution in [0.3, 0.4) is 0 Å². The lowest BCUT2D eigenvalue weighted by atomic mass is 9.93. The van der Waals surface area contributed by atoms with Gasteiger partial charge in [-0.2, -0.15) is 5.10 Å². The van der Waals surface area contributed by atoms with Crippen LogP contribution in [0.4, 0.5) is 10.2 Å². The number of benzene rings is 1. The van der Waals surface area contributed by atoms with Crippen LogP contribution in [0.2, 0.25) is 0 Å². The minimum atomic E-state index is -4.08. The van der Waals surface area contributed by atoms with E-state index >= 15 is 4.39 Å². The number of imidazole rings is 1. The molecule has 206 valence electrons. The second-order valence-electron chi connectivity index (χ2n) is 9.14. The molecule has 0 aliphatic carbocycles. The summed E-state index contributed by atoms with van der Waals surface area (Å²) in [5.74, 6) is -0.402. The third kappa shape index (κ3) is 5.94. The Morgan fingerprint density at radius 1 is 1.34 bits per heavy atom. The van der Waals surface area contributed by atoms with Gasteiger partial charge < -0.3 is 24.8 Å². The Bertz CT molecular complexity index is 1310. The highest BCUT2D eigenvalue weighted by Crippen LogP contribution is 2.48. The molecule has 1 aliphatic rings. The number of ether oxygens (including phenoxy) is 2. The van der Waals surface area contributed by atoms with E-state index in [1.807, 2.05) is 0 Å². The maximum absolute atomic E-state index is 15.8. The SMILES string of the molecule is CC(C)C(=O)OCCNP(=O)(OC[C@H]1O[C@@H](c2cnc3c(N)ncnn23)[C@](C)(F)[C@@H]1O)Oc1ccccc1. The number of hydrogen-bond acceptors (Lipinski definition) is 11. The van der Waals surface area contributed by atoms with E-state index in [0.29, 0.717) is 0 Å². The number of fused-ring (bicyclic) bond motifs is 1. The third-order valence-corrected chi connectivity index (χ3v) is 7.43. The largest absolute Gasteiger partial charge is 0.464 e. The zero-order valence-corrected chi connectivity index (χ0v) is 22.0. The van der Waals surface area contributed by atoms with Gasteiger partial charge in [0.1, 0.15) is 37.0 Å². The number of alkyl halides is 1. The van der Waals surface area contributed by atoms with Crippen molar-refractivity contribution < 1.29 is 37.4 Å². The second-order valence-corrected chi connectivity index (χ2v) is 10.9. The summed E-state index contributed by atoms with van der Waals surface area (Å²) in [6.07, 6.45) is -1.66. The number of anilines is 1. The monoisotopic (exact) mass is 552 g/mol. The first-order chi connectivity index (χ1) is 18.0. The number of esters is 1. The molecule has 0 spiro atoms. The maximum atomic E-state index is 15.8. The lowest BCUT2D eigenvalue weighted by molar-refractivity contribution is -0.147. The van der Waals surface area contributed by atoms with Gasteiger partial charge in [0.05, 0.1) is 24.4 Å². The number of carbonyl (C=O) groups is 1. The summed E-state index contributed by atoms with van der Waals surface area (Å²) in [6, 6.07) is 8.26. The van der Waals surface area contributed by atoms with Gasteiger partial charge in [-0.25, -0.2) is 28.5 Å². The van der Waals surface area contributed by atoms with Crippen LogP contribution in [0.1, 0.15) is 32.6 Å². The Morgan fingerprint density at radius 2 is 2.08 bits per heavy atom. The number of para-hydroxylation sites is 1. The van der Waals surface area contributed by atoms with Gasteiger partial charge in [-0.15, -0.1) is 0 Å². The molecule has 3 heterocycles. The Balaban J connectivity index is 1.47. The smallest absolute Gasteiger partial charge is 0.458 e. The van der Waals surface area contributed by atoms with Gasteiger partial charge in [-0.1, -0.05) is 32.0 Å². The Hall–Kier alpha value is -3.16. The van der Waals surface area contributed by atoms with Gasteiger partial charge in [0.25, 0.3) is 0 Å². The number of aliphatic hydroxyl groups excluding tert-OH is 1. The number of aliphatic hydroxyl groups is 1. The average Bonchev–Trinajstić information content (AvgIpc) is 3.40. The van der Waals surface area contributed by atoms with E-state index in [-0.39, 0.29) is 42.0 Å². The van der Waals surface area contributed by atoms with E-state index in [4.69, 9.17) is 24.3 Å². The molecule has 2 aromatic heterocycles. The molecule has 3 aromatic rings. The standard InChI is InChI=1S/C23H30FN6O7P/c1-14(2)22(32)34-10-9-29-38(33,37-15-7-5-4-6-8-15)35-12-17-18(31)23(3,24)19(36-17)16-11-26-21-20(25)27-13-28-30(16)21/h4-8,11,13-14,17-19,31H,9-10,12H2,1-3H3,(H,29,33)(H2,25,27,28)/t17-,18-,19+,23-,38?/m1/s1. The number of nitrogens with one attached hydrogen (secondary N) is 1. The van der Waals surface area contributed by atoms with Crippen molar-refractivity contribution >= 4 is 25.2 Å². The molecule has 38 heavy (non-hydrogen) atoms. The summed E-state index contributed by atoms with van der Waals surface area (Å²) < 4.78 is 52.6. The highest BCUT2D eigenvalue weighted by molar-refractivity contribution is 7.52. The number of aromatic nitrogens is 4. The van der Waals surface area contributed by atoms with Crippen LogP contribution in [-0.2, 0) is 23.4 Å². The van der Waals surface area contributed by atoms with E-state index in [2.05, 4.69) is 20.2 Å². The molecule has 1 aliphatic heterocycles. The molecule has 4 rings (SSSR count). The fraction of sp³-hybridized carbons (Fsp3) is 0.478. The van der Waals surface area contributed by atoms with Crippen molar-refractivity contribution in [2.45, 2.75) is 44.8 Å². The lowest BCUT2D eigenvalue weighted by Gasteiger charge is -2.24.